The zero-order valence-corrected chi connectivity index (χ0v) is 8.71. The fraction of sp³-hybridized carbons (Fsp3) is 0.111. The number of thiazole rings is 1. The number of esters is 1. The second-order valence-electron chi connectivity index (χ2n) is 2.70. The quantitative estimate of drug-likeness (QED) is 0.786. The van der Waals surface area contributed by atoms with Gasteiger partial charge in [0, 0.05) is 0 Å². The van der Waals surface area contributed by atoms with Crippen LogP contribution in [0.15, 0.2) is 22.8 Å². The first-order chi connectivity index (χ1) is 7.22. The largest absolute Gasteiger partial charge is 0.464 e. The van der Waals surface area contributed by atoms with Crippen molar-refractivity contribution in [1.82, 2.24) is 4.98 Å². The fourth-order valence-corrected chi connectivity index (χ4v) is 1.87. The lowest BCUT2D eigenvalue weighted by Gasteiger charge is -1.93. The normalized spacial score (nSPS) is 10.2. The Morgan fingerprint density at radius 3 is 3.07 bits per heavy atom. The summed E-state index contributed by atoms with van der Waals surface area (Å²) in [6.45, 7) is 0. The number of nitrogen functional groups attached to an aromatic ring is 1. The molecule has 0 aliphatic rings. The Balaban J connectivity index is 2.41. The third-order valence-corrected chi connectivity index (χ3v) is 2.66. The maximum atomic E-state index is 11.2. The molecule has 6 heteroatoms. The molecule has 2 aromatic heterocycles. The van der Waals surface area contributed by atoms with Crippen LogP contribution < -0.4 is 5.73 Å². The summed E-state index contributed by atoms with van der Waals surface area (Å²) in [5, 5.41) is 0.895. The molecule has 2 heterocycles. The minimum atomic E-state index is -0.540. The number of hydrogen-bond acceptors (Lipinski definition) is 6. The number of carbonyl (C=O) groups is 1. The number of nitrogens with two attached hydrogens (primary N) is 1. The monoisotopic (exact) mass is 224 g/mol. The van der Waals surface area contributed by atoms with Crippen LogP contribution in [-0.2, 0) is 4.74 Å². The lowest BCUT2D eigenvalue weighted by atomic mass is 10.4. The molecule has 78 valence electrons. The highest BCUT2D eigenvalue weighted by Crippen LogP contribution is 2.30. The Kier molecular flexibility index (Phi) is 2.42. The first-order valence-corrected chi connectivity index (χ1v) is 4.92. The van der Waals surface area contributed by atoms with Gasteiger partial charge in [0.25, 0.3) is 0 Å². The summed E-state index contributed by atoms with van der Waals surface area (Å²) in [6.07, 6.45) is 1.53. The van der Waals surface area contributed by atoms with E-state index in [1.54, 1.807) is 12.1 Å². The smallest absolute Gasteiger partial charge is 0.359 e. The van der Waals surface area contributed by atoms with Gasteiger partial charge in [0.2, 0.25) is 0 Å². The van der Waals surface area contributed by atoms with Crippen molar-refractivity contribution in [3.63, 3.8) is 0 Å². The molecule has 2 N–H and O–H groups in total. The van der Waals surface area contributed by atoms with E-state index in [2.05, 4.69) is 9.72 Å². The molecular weight excluding hydrogens is 216 g/mol. The number of aromatic nitrogens is 1. The molecule has 0 aromatic carbocycles. The van der Waals surface area contributed by atoms with Crippen molar-refractivity contribution in [3.8, 4) is 10.8 Å². The lowest BCUT2D eigenvalue weighted by molar-refractivity contribution is 0.0596. The molecular formula is C9H8N2O3S. The molecule has 0 saturated carbocycles. The van der Waals surface area contributed by atoms with E-state index in [-0.39, 0.29) is 5.69 Å². The second-order valence-corrected chi connectivity index (χ2v) is 3.73. The molecule has 0 fully saturated rings. The molecule has 0 bridgehead atoms. The molecule has 0 radical (unpaired) electrons. The van der Waals surface area contributed by atoms with Gasteiger partial charge in [-0.1, -0.05) is 11.3 Å². The van der Waals surface area contributed by atoms with Gasteiger partial charge >= 0.3 is 5.97 Å². The highest BCUT2D eigenvalue weighted by molar-refractivity contribution is 7.19. The van der Waals surface area contributed by atoms with Crippen LogP contribution in [0.3, 0.4) is 0 Å². The highest BCUT2D eigenvalue weighted by atomic mass is 32.1. The van der Waals surface area contributed by atoms with Crippen LogP contribution in [0.2, 0.25) is 0 Å². The summed E-state index contributed by atoms with van der Waals surface area (Å²) in [6, 6.07) is 3.49. The molecule has 0 unspecified atom stereocenters. The molecule has 0 aliphatic heterocycles. The minimum absolute atomic E-state index is 0.133. The van der Waals surface area contributed by atoms with Crippen LogP contribution in [0.1, 0.15) is 10.5 Å². The predicted molar refractivity (Wildman–Crippen MR) is 55.6 cm³/mol. The van der Waals surface area contributed by atoms with Gasteiger partial charge in [-0.25, -0.2) is 9.78 Å². The number of rotatable bonds is 2. The number of hydrogen-bond donors (Lipinski definition) is 1. The van der Waals surface area contributed by atoms with E-state index in [1.807, 2.05) is 0 Å². The average Bonchev–Trinajstić information content (AvgIpc) is 2.84. The standard InChI is InChI=1S/C9H8N2O3S/c1-13-9(12)6-7(10)15-8(11-6)5-3-2-4-14-5/h2-4H,10H2,1H3. The summed E-state index contributed by atoms with van der Waals surface area (Å²) in [7, 11) is 1.29. The van der Waals surface area contributed by atoms with Crippen LogP contribution in [-0.4, -0.2) is 18.1 Å². The van der Waals surface area contributed by atoms with Crippen molar-refractivity contribution in [2.75, 3.05) is 12.8 Å². The Morgan fingerprint density at radius 2 is 2.47 bits per heavy atom. The molecule has 0 aliphatic carbocycles. The molecule has 0 saturated heterocycles. The summed E-state index contributed by atoms with van der Waals surface area (Å²) >= 11 is 1.19. The maximum Gasteiger partial charge on any atom is 0.359 e. The number of methoxy groups -OCH3 is 1. The molecule has 2 aromatic rings. The molecule has 0 amide bonds. The van der Waals surface area contributed by atoms with E-state index in [1.165, 1.54) is 24.7 Å². The van der Waals surface area contributed by atoms with E-state index in [9.17, 15) is 4.79 Å². The van der Waals surface area contributed by atoms with Crippen LogP contribution in [0.5, 0.6) is 0 Å². The second kappa shape index (κ2) is 3.74. The Morgan fingerprint density at radius 1 is 1.67 bits per heavy atom. The lowest BCUT2D eigenvalue weighted by Crippen LogP contribution is -2.04. The first kappa shape index (κ1) is 9.72. The van der Waals surface area contributed by atoms with Gasteiger partial charge in [0.1, 0.15) is 5.00 Å². The molecule has 0 atom stereocenters. The minimum Gasteiger partial charge on any atom is -0.464 e. The van der Waals surface area contributed by atoms with E-state index in [0.717, 1.165) is 0 Å². The van der Waals surface area contributed by atoms with Crippen molar-refractivity contribution in [3.05, 3.63) is 24.1 Å². The van der Waals surface area contributed by atoms with Crippen molar-refractivity contribution in [2.45, 2.75) is 0 Å². The average molecular weight is 224 g/mol. The first-order valence-electron chi connectivity index (χ1n) is 4.11. The van der Waals surface area contributed by atoms with E-state index in [4.69, 9.17) is 10.2 Å². The van der Waals surface area contributed by atoms with E-state index in [0.29, 0.717) is 15.8 Å². The van der Waals surface area contributed by atoms with Gasteiger partial charge in [0.15, 0.2) is 16.5 Å². The van der Waals surface area contributed by atoms with Gasteiger partial charge in [-0.3, -0.25) is 0 Å². The molecule has 5 nitrogen and oxygen atoms in total. The van der Waals surface area contributed by atoms with Crippen LogP contribution >= 0.6 is 11.3 Å². The van der Waals surface area contributed by atoms with Crippen LogP contribution in [0, 0.1) is 0 Å². The van der Waals surface area contributed by atoms with Crippen molar-refractivity contribution >= 4 is 22.3 Å². The van der Waals surface area contributed by atoms with Crippen molar-refractivity contribution < 1.29 is 13.9 Å². The molecule has 15 heavy (non-hydrogen) atoms. The highest BCUT2D eigenvalue weighted by Gasteiger charge is 2.18. The number of nitrogens with zero attached hydrogens (tertiary/aromatic N) is 1. The Hall–Kier alpha value is -1.82. The molecule has 0 spiro atoms. The number of ether oxygens (including phenoxy) is 1. The Bertz CT molecular complexity index is 476. The van der Waals surface area contributed by atoms with Gasteiger partial charge in [-0.2, -0.15) is 0 Å². The van der Waals surface area contributed by atoms with Gasteiger partial charge < -0.3 is 14.9 Å². The third-order valence-electron chi connectivity index (χ3n) is 1.76. The maximum absolute atomic E-state index is 11.2. The van der Waals surface area contributed by atoms with Crippen LogP contribution in [0.25, 0.3) is 10.8 Å². The van der Waals surface area contributed by atoms with Crippen molar-refractivity contribution in [1.29, 1.82) is 0 Å². The summed E-state index contributed by atoms with van der Waals surface area (Å²) in [5.74, 6) is 0.0448. The predicted octanol–water partition coefficient (Wildman–Crippen LogP) is 1.77. The van der Waals surface area contributed by atoms with Crippen molar-refractivity contribution in [2.24, 2.45) is 0 Å². The third kappa shape index (κ3) is 1.71. The van der Waals surface area contributed by atoms with Gasteiger partial charge in [0.05, 0.1) is 13.4 Å². The topological polar surface area (TPSA) is 78.3 Å². The van der Waals surface area contributed by atoms with Crippen LogP contribution in [0.4, 0.5) is 5.00 Å². The van der Waals surface area contributed by atoms with Gasteiger partial charge in [-0.05, 0) is 12.1 Å². The zero-order chi connectivity index (χ0) is 10.8. The number of anilines is 1. The summed E-state index contributed by atoms with van der Waals surface area (Å²) in [4.78, 5) is 15.3. The number of furan rings is 1. The van der Waals surface area contributed by atoms with E-state index < -0.39 is 5.97 Å². The fourth-order valence-electron chi connectivity index (χ4n) is 1.08. The SMILES string of the molecule is COC(=O)c1nc(-c2ccco2)sc1N. The zero-order valence-electron chi connectivity index (χ0n) is 7.89. The summed E-state index contributed by atoms with van der Waals surface area (Å²) in [5.41, 5.74) is 5.77. The Labute approximate surface area is 89.5 Å². The molecule has 2 rings (SSSR count). The van der Waals surface area contributed by atoms with E-state index >= 15 is 0 Å². The number of carbonyl (C=O) groups excluding carboxylic acids is 1. The van der Waals surface area contributed by atoms with Gasteiger partial charge in [-0.15, -0.1) is 0 Å². The summed E-state index contributed by atoms with van der Waals surface area (Å²) < 4.78 is 9.68.